The summed E-state index contributed by atoms with van der Waals surface area (Å²) in [7, 11) is 0. The van der Waals surface area contributed by atoms with E-state index < -0.39 is 0 Å². The molecule has 64 valence electrons. The molecule has 0 unspecified atom stereocenters. The van der Waals surface area contributed by atoms with Crippen molar-refractivity contribution in [1.82, 2.24) is 0 Å². The summed E-state index contributed by atoms with van der Waals surface area (Å²) in [6, 6.07) is 6.91. The van der Waals surface area contributed by atoms with Gasteiger partial charge in [-0.1, -0.05) is 39.0 Å². The van der Waals surface area contributed by atoms with E-state index in [0.717, 1.165) is 5.56 Å². The van der Waals surface area contributed by atoms with E-state index in [4.69, 9.17) is 0 Å². The van der Waals surface area contributed by atoms with Gasteiger partial charge in [0.05, 0.1) is 0 Å². The lowest BCUT2D eigenvalue weighted by Crippen LogP contribution is -2.12. The van der Waals surface area contributed by atoms with Crippen molar-refractivity contribution in [3.63, 3.8) is 0 Å². The van der Waals surface area contributed by atoms with Gasteiger partial charge in [0.15, 0.2) is 0 Å². The van der Waals surface area contributed by atoms with Crippen LogP contribution in [0.25, 0.3) is 0 Å². The summed E-state index contributed by atoms with van der Waals surface area (Å²) in [5, 5.41) is 0. The molecule has 0 bridgehead atoms. The molecule has 2 heteroatoms. The van der Waals surface area contributed by atoms with Crippen LogP contribution in [-0.4, -0.2) is 11.0 Å². The van der Waals surface area contributed by atoms with Gasteiger partial charge in [0.2, 0.25) is 0 Å². The van der Waals surface area contributed by atoms with E-state index >= 15 is 0 Å². The molecule has 0 atom stereocenters. The number of hydrogen-bond donors (Lipinski definition) is 0. The summed E-state index contributed by atoms with van der Waals surface area (Å²) >= 11 is 0. The van der Waals surface area contributed by atoms with E-state index in [-0.39, 0.29) is 22.2 Å². The Morgan fingerprint density at radius 1 is 1.08 bits per heavy atom. The second-order valence-electron chi connectivity index (χ2n) is 3.73. The van der Waals surface area contributed by atoms with Gasteiger partial charge in [-0.05, 0) is 17.0 Å². The summed E-state index contributed by atoms with van der Waals surface area (Å²) in [5.74, 6) is -0.111. The van der Waals surface area contributed by atoms with Crippen LogP contribution in [0.15, 0.2) is 24.3 Å². The summed E-state index contributed by atoms with van der Waals surface area (Å²) in [6.45, 7) is 6.02. The zero-order valence-electron chi connectivity index (χ0n) is 7.69. The lowest BCUT2D eigenvalue weighted by molar-refractivity contribution is 0.523. The molecule has 0 fully saturated rings. The maximum absolute atomic E-state index is 13.1. The zero-order valence-corrected chi connectivity index (χ0v) is 8.69. The van der Waals surface area contributed by atoms with Crippen molar-refractivity contribution in [3.8, 4) is 0 Å². The lowest BCUT2D eigenvalue weighted by atomic mass is 9.87. The van der Waals surface area contributed by atoms with Crippen molar-refractivity contribution in [2.24, 2.45) is 0 Å². The molecule has 0 N–H and O–H groups in total. The Hall–Kier alpha value is -0.633. The molecular formula is C10H13FSi. The number of halogens is 1. The maximum atomic E-state index is 13.1. The lowest BCUT2D eigenvalue weighted by Gasteiger charge is -2.19. The molecule has 0 aliphatic heterocycles. The van der Waals surface area contributed by atoms with Gasteiger partial charge in [0.25, 0.3) is 0 Å². The third kappa shape index (κ3) is 2.45. The largest absolute Gasteiger partial charge is 0.207 e. The molecule has 0 amide bonds. The average Bonchev–Trinajstić information content (AvgIpc) is 1.86. The van der Waals surface area contributed by atoms with Crippen LogP contribution in [-0.2, 0) is 5.41 Å². The Kier molecular flexibility index (Phi) is 3.65. The van der Waals surface area contributed by atoms with E-state index in [1.54, 1.807) is 6.07 Å². The molecule has 4 radical (unpaired) electrons. The smallest absolute Gasteiger partial charge is 0.126 e. The SMILES string of the molecule is CC(C)(C)c1ccccc1F.[Si]. The molecule has 1 aromatic carbocycles. The van der Waals surface area contributed by atoms with Gasteiger partial charge in [0.1, 0.15) is 5.82 Å². The highest BCUT2D eigenvalue weighted by molar-refractivity contribution is 5.75. The molecule has 1 aromatic rings. The molecule has 0 aliphatic carbocycles. The second-order valence-corrected chi connectivity index (χ2v) is 3.73. The molecule has 0 nitrogen and oxygen atoms in total. The van der Waals surface area contributed by atoms with Crippen LogP contribution >= 0.6 is 0 Å². The molecule has 0 saturated carbocycles. The van der Waals surface area contributed by atoms with Gasteiger partial charge in [-0.3, -0.25) is 0 Å². The standard InChI is InChI=1S/C10H13F.Si/c1-10(2,3)8-6-4-5-7-9(8)11;/h4-7H,1-3H3;. The Morgan fingerprint density at radius 3 is 1.92 bits per heavy atom. The van der Waals surface area contributed by atoms with Crippen molar-refractivity contribution in [1.29, 1.82) is 0 Å². The number of hydrogen-bond acceptors (Lipinski definition) is 0. The average molecular weight is 180 g/mol. The topological polar surface area (TPSA) is 0 Å². The minimum atomic E-state index is -0.111. The fraction of sp³-hybridized carbons (Fsp3) is 0.400. The van der Waals surface area contributed by atoms with Gasteiger partial charge in [-0.15, -0.1) is 0 Å². The van der Waals surface area contributed by atoms with E-state index in [1.807, 2.05) is 32.9 Å². The highest BCUT2D eigenvalue weighted by Crippen LogP contribution is 2.23. The van der Waals surface area contributed by atoms with Crippen LogP contribution in [0.3, 0.4) is 0 Å². The van der Waals surface area contributed by atoms with Gasteiger partial charge in [-0.2, -0.15) is 0 Å². The first kappa shape index (κ1) is 11.4. The van der Waals surface area contributed by atoms with Gasteiger partial charge >= 0.3 is 0 Å². The summed E-state index contributed by atoms with van der Waals surface area (Å²) in [4.78, 5) is 0. The predicted octanol–water partition coefficient (Wildman–Crippen LogP) is 2.74. The first-order chi connectivity index (χ1) is 5.02. The Bertz CT molecular complexity index is 250. The third-order valence-electron chi connectivity index (χ3n) is 1.68. The van der Waals surface area contributed by atoms with Crippen LogP contribution in [0.1, 0.15) is 26.3 Å². The molecule has 0 aliphatic rings. The monoisotopic (exact) mass is 180 g/mol. The van der Waals surface area contributed by atoms with Gasteiger partial charge in [0, 0.05) is 11.0 Å². The van der Waals surface area contributed by atoms with Crippen LogP contribution < -0.4 is 0 Å². The fourth-order valence-corrected chi connectivity index (χ4v) is 1.07. The second kappa shape index (κ2) is 3.85. The summed E-state index contributed by atoms with van der Waals surface area (Å²) in [5.41, 5.74) is 0.686. The van der Waals surface area contributed by atoms with E-state index in [2.05, 4.69) is 0 Å². The van der Waals surface area contributed by atoms with Gasteiger partial charge in [-0.25, -0.2) is 4.39 Å². The van der Waals surface area contributed by atoms with Crippen molar-refractivity contribution < 1.29 is 4.39 Å². The molecule has 0 aromatic heterocycles. The van der Waals surface area contributed by atoms with Crippen molar-refractivity contribution in [2.45, 2.75) is 26.2 Å². The Labute approximate surface area is 77.8 Å². The number of rotatable bonds is 0. The van der Waals surface area contributed by atoms with E-state index in [0.29, 0.717) is 0 Å². The predicted molar refractivity (Wildman–Crippen MR) is 50.9 cm³/mol. The van der Waals surface area contributed by atoms with Crippen LogP contribution in [0.2, 0.25) is 0 Å². The first-order valence-corrected chi connectivity index (χ1v) is 3.77. The zero-order chi connectivity index (χ0) is 8.48. The van der Waals surface area contributed by atoms with Crippen LogP contribution in [0.4, 0.5) is 4.39 Å². The first-order valence-electron chi connectivity index (χ1n) is 3.77. The Balaban J connectivity index is 0.00000121. The third-order valence-corrected chi connectivity index (χ3v) is 1.68. The maximum Gasteiger partial charge on any atom is 0.126 e. The van der Waals surface area contributed by atoms with Crippen LogP contribution in [0.5, 0.6) is 0 Å². The van der Waals surface area contributed by atoms with Crippen molar-refractivity contribution in [2.75, 3.05) is 0 Å². The fourth-order valence-electron chi connectivity index (χ4n) is 1.07. The highest BCUT2D eigenvalue weighted by atomic mass is 28.1. The summed E-state index contributed by atoms with van der Waals surface area (Å²) in [6.07, 6.45) is 0. The molecule has 1 rings (SSSR count). The normalized spacial score (nSPS) is 10.7. The van der Waals surface area contributed by atoms with Gasteiger partial charge < -0.3 is 0 Å². The quantitative estimate of drug-likeness (QED) is 0.539. The van der Waals surface area contributed by atoms with Crippen LogP contribution in [0, 0.1) is 5.82 Å². The Morgan fingerprint density at radius 2 is 1.58 bits per heavy atom. The van der Waals surface area contributed by atoms with Crippen molar-refractivity contribution >= 4 is 11.0 Å². The highest BCUT2D eigenvalue weighted by Gasteiger charge is 2.16. The molecular weight excluding hydrogens is 167 g/mol. The molecule has 12 heavy (non-hydrogen) atoms. The number of benzene rings is 1. The van der Waals surface area contributed by atoms with E-state index in [9.17, 15) is 4.39 Å². The molecule has 0 spiro atoms. The molecule has 0 heterocycles. The molecule has 0 saturated heterocycles. The van der Waals surface area contributed by atoms with E-state index in [1.165, 1.54) is 6.07 Å². The summed E-state index contributed by atoms with van der Waals surface area (Å²) < 4.78 is 13.1. The van der Waals surface area contributed by atoms with Crippen molar-refractivity contribution in [3.05, 3.63) is 35.6 Å². The minimum absolute atomic E-state index is 0. The minimum Gasteiger partial charge on any atom is -0.207 e.